The lowest BCUT2D eigenvalue weighted by Crippen LogP contribution is -2.05. The Labute approximate surface area is 133 Å². The van der Waals surface area contributed by atoms with Crippen LogP contribution in [0, 0.1) is 5.82 Å². The zero-order chi connectivity index (χ0) is 14.5. The maximum atomic E-state index is 13.2. The summed E-state index contributed by atoms with van der Waals surface area (Å²) >= 11 is 6.62. The molecule has 0 aliphatic rings. The first-order valence-electron chi connectivity index (χ1n) is 6.08. The Morgan fingerprint density at radius 3 is 2.65 bits per heavy atom. The second-order valence-corrected chi connectivity index (χ2v) is 5.71. The molecule has 106 valence electrons. The molecule has 0 aliphatic carbocycles. The predicted molar refractivity (Wildman–Crippen MR) is 85.9 cm³/mol. The Morgan fingerprint density at radius 2 is 1.95 bits per heavy atom. The van der Waals surface area contributed by atoms with Crippen molar-refractivity contribution in [1.29, 1.82) is 0 Å². The van der Waals surface area contributed by atoms with Gasteiger partial charge >= 0.3 is 0 Å². The van der Waals surface area contributed by atoms with E-state index < -0.39 is 0 Å². The summed E-state index contributed by atoms with van der Waals surface area (Å²) in [5, 5.41) is 6.32. The third-order valence-electron chi connectivity index (χ3n) is 2.51. The van der Waals surface area contributed by atoms with Crippen molar-refractivity contribution in [3.05, 3.63) is 39.3 Å². The van der Waals surface area contributed by atoms with E-state index in [1.54, 1.807) is 12.1 Å². The van der Waals surface area contributed by atoms with Crippen molar-refractivity contribution in [2.45, 2.75) is 13.3 Å². The number of hydrogen-bond donors (Lipinski definition) is 2. The minimum absolute atomic E-state index is 0.303. The van der Waals surface area contributed by atoms with E-state index in [1.165, 1.54) is 12.4 Å². The number of aromatic nitrogens is 2. The van der Waals surface area contributed by atoms with Gasteiger partial charge in [0, 0.05) is 12.2 Å². The van der Waals surface area contributed by atoms with Crippen molar-refractivity contribution in [3.63, 3.8) is 0 Å². The molecule has 20 heavy (non-hydrogen) atoms. The van der Waals surface area contributed by atoms with Crippen LogP contribution in [0.4, 0.5) is 21.7 Å². The van der Waals surface area contributed by atoms with Gasteiger partial charge in [0.25, 0.3) is 0 Å². The van der Waals surface area contributed by atoms with Crippen LogP contribution in [0.3, 0.4) is 0 Å². The fraction of sp³-hybridized carbons (Fsp3) is 0.231. The van der Waals surface area contributed by atoms with Gasteiger partial charge in [-0.25, -0.2) is 14.4 Å². The van der Waals surface area contributed by atoms with E-state index in [1.807, 2.05) is 0 Å². The summed E-state index contributed by atoms with van der Waals surface area (Å²) in [6, 6.07) is 4.69. The summed E-state index contributed by atoms with van der Waals surface area (Å²) in [6.07, 6.45) is 2.48. The standard InChI is InChI=1S/C13H13Br2FN4/c1-2-5-17-12-11(15)13(19-7-18-12)20-8-3-4-10(16)9(14)6-8/h3-4,6-7H,2,5H2,1H3,(H2,17,18,19,20). The molecule has 0 bridgehead atoms. The molecule has 4 nitrogen and oxygen atoms in total. The number of anilines is 3. The first-order valence-corrected chi connectivity index (χ1v) is 7.67. The van der Waals surface area contributed by atoms with Crippen molar-refractivity contribution in [3.8, 4) is 0 Å². The highest BCUT2D eigenvalue weighted by Gasteiger charge is 2.09. The maximum absolute atomic E-state index is 13.2. The summed E-state index contributed by atoms with van der Waals surface area (Å²) in [5.41, 5.74) is 0.735. The van der Waals surface area contributed by atoms with Gasteiger partial charge in [-0.15, -0.1) is 0 Å². The molecule has 0 unspecified atom stereocenters. The van der Waals surface area contributed by atoms with Crippen LogP contribution in [0.1, 0.15) is 13.3 Å². The van der Waals surface area contributed by atoms with E-state index in [-0.39, 0.29) is 5.82 Å². The highest BCUT2D eigenvalue weighted by molar-refractivity contribution is 9.11. The molecule has 2 aromatic rings. The van der Waals surface area contributed by atoms with Gasteiger partial charge in [0.05, 0.1) is 4.47 Å². The number of hydrogen-bond acceptors (Lipinski definition) is 4. The molecular formula is C13H13Br2FN4. The smallest absolute Gasteiger partial charge is 0.150 e. The Morgan fingerprint density at radius 1 is 1.20 bits per heavy atom. The topological polar surface area (TPSA) is 49.8 Å². The van der Waals surface area contributed by atoms with Gasteiger partial charge in [-0.2, -0.15) is 0 Å². The molecule has 0 saturated heterocycles. The van der Waals surface area contributed by atoms with Crippen LogP contribution < -0.4 is 10.6 Å². The molecule has 1 aromatic heterocycles. The van der Waals surface area contributed by atoms with Gasteiger partial charge in [-0.05, 0) is 56.5 Å². The number of halogens is 3. The van der Waals surface area contributed by atoms with Gasteiger partial charge in [0.15, 0.2) is 0 Å². The van der Waals surface area contributed by atoms with E-state index in [9.17, 15) is 4.39 Å². The molecule has 0 fully saturated rings. The summed E-state index contributed by atoms with van der Waals surface area (Å²) in [4.78, 5) is 8.35. The van der Waals surface area contributed by atoms with Crippen molar-refractivity contribution >= 4 is 49.2 Å². The molecule has 0 amide bonds. The summed E-state index contributed by atoms with van der Waals surface area (Å²) < 4.78 is 14.3. The first-order chi connectivity index (χ1) is 9.61. The Balaban J connectivity index is 2.22. The molecule has 0 radical (unpaired) electrons. The molecule has 0 spiro atoms. The quantitative estimate of drug-likeness (QED) is 0.759. The second kappa shape index (κ2) is 6.99. The van der Waals surface area contributed by atoms with Crippen molar-refractivity contribution < 1.29 is 4.39 Å². The Kier molecular flexibility index (Phi) is 5.31. The normalized spacial score (nSPS) is 10.4. The highest BCUT2D eigenvalue weighted by atomic mass is 79.9. The summed E-state index contributed by atoms with van der Waals surface area (Å²) in [5.74, 6) is 1.05. The fourth-order valence-electron chi connectivity index (χ4n) is 1.53. The maximum Gasteiger partial charge on any atom is 0.150 e. The van der Waals surface area contributed by atoms with Crippen molar-refractivity contribution in [2.24, 2.45) is 0 Å². The first kappa shape index (κ1) is 15.2. The third-order valence-corrected chi connectivity index (χ3v) is 3.87. The van der Waals surface area contributed by atoms with Gasteiger partial charge in [0.1, 0.15) is 28.3 Å². The number of nitrogens with one attached hydrogen (secondary N) is 2. The van der Waals surface area contributed by atoms with Crippen molar-refractivity contribution in [1.82, 2.24) is 9.97 Å². The molecule has 2 rings (SSSR count). The van der Waals surface area contributed by atoms with E-state index in [0.29, 0.717) is 10.3 Å². The van der Waals surface area contributed by atoms with E-state index >= 15 is 0 Å². The van der Waals surface area contributed by atoms with Crippen LogP contribution in [0.15, 0.2) is 33.5 Å². The lowest BCUT2D eigenvalue weighted by molar-refractivity contribution is 0.621. The zero-order valence-corrected chi connectivity index (χ0v) is 13.9. The Hall–Kier alpha value is -1.21. The monoisotopic (exact) mass is 402 g/mol. The largest absolute Gasteiger partial charge is 0.369 e. The van der Waals surface area contributed by atoms with Gasteiger partial charge in [-0.3, -0.25) is 0 Å². The minimum atomic E-state index is -0.303. The van der Waals surface area contributed by atoms with Crippen molar-refractivity contribution in [2.75, 3.05) is 17.2 Å². The minimum Gasteiger partial charge on any atom is -0.369 e. The summed E-state index contributed by atoms with van der Waals surface area (Å²) in [7, 11) is 0. The van der Waals surface area contributed by atoms with Crippen LogP contribution in [0.2, 0.25) is 0 Å². The highest BCUT2D eigenvalue weighted by Crippen LogP contribution is 2.30. The number of nitrogens with zero attached hydrogens (tertiary/aromatic N) is 2. The lowest BCUT2D eigenvalue weighted by Gasteiger charge is -2.11. The molecule has 7 heteroatoms. The third kappa shape index (κ3) is 3.67. The Bertz CT molecular complexity index is 607. The molecule has 2 N–H and O–H groups in total. The lowest BCUT2D eigenvalue weighted by atomic mass is 10.3. The van der Waals surface area contributed by atoms with E-state index in [4.69, 9.17) is 0 Å². The van der Waals surface area contributed by atoms with E-state index in [0.717, 1.165) is 28.9 Å². The second-order valence-electron chi connectivity index (χ2n) is 4.07. The molecular weight excluding hydrogens is 391 g/mol. The van der Waals surface area contributed by atoms with Crippen LogP contribution in [-0.2, 0) is 0 Å². The fourth-order valence-corrected chi connectivity index (χ4v) is 2.36. The van der Waals surface area contributed by atoms with Crippen LogP contribution >= 0.6 is 31.9 Å². The molecule has 0 saturated carbocycles. The predicted octanol–water partition coefficient (Wildman–Crippen LogP) is 4.71. The molecule has 0 aliphatic heterocycles. The molecule has 1 heterocycles. The van der Waals surface area contributed by atoms with Gasteiger partial charge < -0.3 is 10.6 Å². The molecule has 0 atom stereocenters. The van der Waals surface area contributed by atoms with E-state index in [2.05, 4.69) is 59.4 Å². The van der Waals surface area contributed by atoms with Crippen LogP contribution in [0.25, 0.3) is 0 Å². The van der Waals surface area contributed by atoms with Gasteiger partial charge in [0.2, 0.25) is 0 Å². The average molecular weight is 404 g/mol. The number of benzene rings is 1. The van der Waals surface area contributed by atoms with Crippen LogP contribution in [0.5, 0.6) is 0 Å². The number of rotatable bonds is 5. The van der Waals surface area contributed by atoms with Crippen LogP contribution in [-0.4, -0.2) is 16.5 Å². The SMILES string of the molecule is CCCNc1ncnc(Nc2ccc(F)c(Br)c2)c1Br. The average Bonchev–Trinajstić information content (AvgIpc) is 2.44. The summed E-state index contributed by atoms with van der Waals surface area (Å²) in [6.45, 7) is 2.91. The molecule has 1 aromatic carbocycles. The van der Waals surface area contributed by atoms with Gasteiger partial charge in [-0.1, -0.05) is 6.92 Å². The zero-order valence-electron chi connectivity index (χ0n) is 10.8.